The van der Waals surface area contributed by atoms with Crippen LogP contribution in [0.4, 0.5) is 4.39 Å². The second-order valence-corrected chi connectivity index (χ2v) is 5.55. The number of benzene rings is 2. The van der Waals surface area contributed by atoms with Crippen molar-refractivity contribution in [1.29, 1.82) is 0 Å². The van der Waals surface area contributed by atoms with Gasteiger partial charge in [-0.2, -0.15) is 0 Å². The molecule has 1 atom stereocenters. The van der Waals surface area contributed by atoms with Gasteiger partial charge in [0.05, 0.1) is 13.2 Å². The zero-order chi connectivity index (χ0) is 14.7. The summed E-state index contributed by atoms with van der Waals surface area (Å²) < 4.78 is 20.4. The molecule has 0 amide bonds. The van der Waals surface area contributed by atoms with E-state index in [1.54, 1.807) is 19.2 Å². The topological polar surface area (TPSA) is 21.3 Å². The molecule has 0 fully saturated rings. The maximum Gasteiger partial charge on any atom is 0.128 e. The molecule has 0 saturated heterocycles. The number of nitrogens with one attached hydrogen (secondary N) is 1. The molecule has 1 N–H and O–H groups in total. The van der Waals surface area contributed by atoms with Crippen molar-refractivity contribution in [1.82, 2.24) is 5.32 Å². The van der Waals surface area contributed by atoms with Gasteiger partial charge in [-0.15, -0.1) is 0 Å². The molecule has 106 valence electrons. The maximum atomic E-state index is 14.1. The minimum Gasteiger partial charge on any atom is -0.496 e. The van der Waals surface area contributed by atoms with Crippen molar-refractivity contribution in [3.63, 3.8) is 0 Å². The predicted octanol–water partition coefficient (Wildman–Crippen LogP) is 4.21. The van der Waals surface area contributed by atoms with Crippen LogP contribution in [0.2, 0.25) is 0 Å². The smallest absolute Gasteiger partial charge is 0.128 e. The molecule has 20 heavy (non-hydrogen) atoms. The van der Waals surface area contributed by atoms with Crippen LogP contribution in [0.3, 0.4) is 0 Å². The van der Waals surface area contributed by atoms with Crippen LogP contribution in [0.5, 0.6) is 5.75 Å². The molecule has 0 saturated carbocycles. The first-order chi connectivity index (χ1) is 9.56. The highest BCUT2D eigenvalue weighted by Gasteiger charge is 2.20. The molecule has 4 heteroatoms. The van der Waals surface area contributed by atoms with Gasteiger partial charge in [0.25, 0.3) is 0 Å². The Hall–Kier alpha value is -1.39. The first kappa shape index (κ1) is 15.0. The third-order valence-corrected chi connectivity index (χ3v) is 3.75. The number of hydrogen-bond acceptors (Lipinski definition) is 2. The highest BCUT2D eigenvalue weighted by molar-refractivity contribution is 9.10. The highest BCUT2D eigenvalue weighted by atomic mass is 79.9. The van der Waals surface area contributed by atoms with Gasteiger partial charge in [-0.1, -0.05) is 33.6 Å². The van der Waals surface area contributed by atoms with Crippen LogP contribution in [0, 0.1) is 12.7 Å². The van der Waals surface area contributed by atoms with E-state index in [1.165, 1.54) is 6.07 Å². The Morgan fingerprint density at radius 3 is 2.55 bits per heavy atom. The highest BCUT2D eigenvalue weighted by Crippen LogP contribution is 2.33. The molecule has 0 aliphatic heterocycles. The number of halogens is 2. The van der Waals surface area contributed by atoms with Crippen molar-refractivity contribution in [2.24, 2.45) is 0 Å². The fourth-order valence-corrected chi connectivity index (χ4v) is 2.67. The third kappa shape index (κ3) is 3.02. The number of ether oxygens (including phenoxy) is 1. The van der Waals surface area contributed by atoms with E-state index in [-0.39, 0.29) is 11.9 Å². The van der Waals surface area contributed by atoms with Gasteiger partial charge in [0.2, 0.25) is 0 Å². The van der Waals surface area contributed by atoms with E-state index < -0.39 is 0 Å². The van der Waals surface area contributed by atoms with Crippen LogP contribution in [-0.2, 0) is 0 Å². The summed E-state index contributed by atoms with van der Waals surface area (Å²) >= 11 is 3.39. The van der Waals surface area contributed by atoms with E-state index >= 15 is 0 Å². The largest absolute Gasteiger partial charge is 0.496 e. The lowest BCUT2D eigenvalue weighted by atomic mass is 9.96. The van der Waals surface area contributed by atoms with Crippen molar-refractivity contribution in [3.8, 4) is 5.75 Å². The quantitative estimate of drug-likeness (QED) is 0.902. The van der Waals surface area contributed by atoms with Crippen molar-refractivity contribution in [2.75, 3.05) is 14.2 Å². The zero-order valence-corrected chi connectivity index (χ0v) is 13.3. The summed E-state index contributed by atoms with van der Waals surface area (Å²) in [6.07, 6.45) is 0. The Kier molecular flexibility index (Phi) is 4.78. The van der Waals surface area contributed by atoms with Crippen LogP contribution < -0.4 is 10.1 Å². The number of aryl methyl sites for hydroxylation is 1. The first-order valence-electron chi connectivity index (χ1n) is 6.33. The summed E-state index contributed by atoms with van der Waals surface area (Å²) in [5.74, 6) is 0.505. The molecule has 0 heterocycles. The van der Waals surface area contributed by atoms with Gasteiger partial charge >= 0.3 is 0 Å². The molecule has 0 aliphatic carbocycles. The molecule has 0 spiro atoms. The van der Waals surface area contributed by atoms with Crippen LogP contribution in [0.1, 0.15) is 22.7 Å². The van der Waals surface area contributed by atoms with E-state index in [2.05, 4.69) is 21.2 Å². The molecule has 2 nitrogen and oxygen atoms in total. The van der Waals surface area contributed by atoms with Crippen molar-refractivity contribution >= 4 is 15.9 Å². The monoisotopic (exact) mass is 337 g/mol. The van der Waals surface area contributed by atoms with Gasteiger partial charge in [0.1, 0.15) is 11.6 Å². The Bertz CT molecular complexity index is 615. The lowest BCUT2D eigenvalue weighted by Gasteiger charge is -2.21. The molecule has 2 aromatic carbocycles. The number of methoxy groups -OCH3 is 1. The second kappa shape index (κ2) is 6.37. The van der Waals surface area contributed by atoms with Crippen LogP contribution >= 0.6 is 15.9 Å². The Labute approximate surface area is 127 Å². The van der Waals surface area contributed by atoms with E-state index in [0.717, 1.165) is 21.3 Å². The van der Waals surface area contributed by atoms with Crippen LogP contribution in [-0.4, -0.2) is 14.2 Å². The molecule has 2 rings (SSSR count). The van der Waals surface area contributed by atoms with E-state index in [0.29, 0.717) is 5.56 Å². The molecule has 0 aromatic heterocycles. The van der Waals surface area contributed by atoms with Gasteiger partial charge < -0.3 is 10.1 Å². The minimum absolute atomic E-state index is 0.240. The Morgan fingerprint density at radius 2 is 1.90 bits per heavy atom. The molecule has 2 aromatic rings. The van der Waals surface area contributed by atoms with E-state index in [4.69, 9.17) is 4.74 Å². The third-order valence-electron chi connectivity index (χ3n) is 3.25. The van der Waals surface area contributed by atoms with Gasteiger partial charge in [-0.05, 0) is 38.2 Å². The molecule has 1 unspecified atom stereocenters. The first-order valence-corrected chi connectivity index (χ1v) is 7.13. The van der Waals surface area contributed by atoms with Gasteiger partial charge in [0.15, 0.2) is 0 Å². The Morgan fingerprint density at radius 1 is 1.15 bits per heavy atom. The normalized spacial score (nSPS) is 12.2. The van der Waals surface area contributed by atoms with Gasteiger partial charge in [-0.25, -0.2) is 4.39 Å². The van der Waals surface area contributed by atoms with Crippen molar-refractivity contribution < 1.29 is 9.13 Å². The SMILES string of the molecule is CNC(c1cc(Br)ccc1F)c1cc(C)ccc1OC. The summed E-state index contributed by atoms with van der Waals surface area (Å²) in [4.78, 5) is 0. The molecular weight excluding hydrogens is 321 g/mol. The lowest BCUT2D eigenvalue weighted by molar-refractivity contribution is 0.404. The summed E-state index contributed by atoms with van der Waals surface area (Å²) in [6, 6.07) is 10.6. The van der Waals surface area contributed by atoms with Gasteiger partial charge in [0, 0.05) is 15.6 Å². The summed E-state index contributed by atoms with van der Waals surface area (Å²) in [7, 11) is 3.44. The fraction of sp³-hybridized carbons (Fsp3) is 0.250. The fourth-order valence-electron chi connectivity index (χ4n) is 2.29. The van der Waals surface area contributed by atoms with Crippen molar-refractivity contribution in [3.05, 3.63) is 63.4 Å². The number of hydrogen-bond donors (Lipinski definition) is 1. The van der Waals surface area contributed by atoms with Crippen molar-refractivity contribution in [2.45, 2.75) is 13.0 Å². The second-order valence-electron chi connectivity index (χ2n) is 4.63. The van der Waals surface area contributed by atoms with Gasteiger partial charge in [-0.3, -0.25) is 0 Å². The summed E-state index contributed by atoms with van der Waals surface area (Å²) in [5, 5.41) is 3.16. The summed E-state index contributed by atoms with van der Waals surface area (Å²) in [5.41, 5.74) is 2.62. The summed E-state index contributed by atoms with van der Waals surface area (Å²) in [6.45, 7) is 2.01. The lowest BCUT2D eigenvalue weighted by Crippen LogP contribution is -2.20. The van der Waals surface area contributed by atoms with Crippen LogP contribution in [0.15, 0.2) is 40.9 Å². The molecule has 0 bridgehead atoms. The van der Waals surface area contributed by atoms with Crippen LogP contribution in [0.25, 0.3) is 0 Å². The Balaban J connectivity index is 2.57. The maximum absolute atomic E-state index is 14.1. The van der Waals surface area contributed by atoms with E-state index in [1.807, 2.05) is 32.2 Å². The molecule has 0 aliphatic rings. The average molecular weight is 338 g/mol. The van der Waals surface area contributed by atoms with E-state index in [9.17, 15) is 4.39 Å². The molecule has 0 radical (unpaired) electrons. The predicted molar refractivity (Wildman–Crippen MR) is 82.7 cm³/mol. The molecular formula is C16H17BrFNO. The standard InChI is InChI=1S/C16H17BrFNO/c1-10-4-7-15(20-3)13(8-10)16(19-2)12-9-11(17)5-6-14(12)18/h4-9,16,19H,1-3H3. The minimum atomic E-state index is -0.262. The zero-order valence-electron chi connectivity index (χ0n) is 11.7. The number of rotatable bonds is 4. The average Bonchev–Trinajstić information content (AvgIpc) is 2.44.